The van der Waals surface area contributed by atoms with Crippen molar-refractivity contribution in [2.45, 2.75) is 45.6 Å². The van der Waals surface area contributed by atoms with Crippen LogP contribution < -0.4 is 5.32 Å². The molecular weight excluding hydrogens is 190 g/mol. The van der Waals surface area contributed by atoms with E-state index < -0.39 is 0 Å². The summed E-state index contributed by atoms with van der Waals surface area (Å²) in [7, 11) is 0. The Hall–Kier alpha value is -1.01. The Labute approximate surface area is 92.3 Å². The molecule has 0 aliphatic rings. The van der Waals surface area contributed by atoms with Crippen LogP contribution in [0.3, 0.4) is 0 Å². The lowest BCUT2D eigenvalue weighted by molar-refractivity contribution is -0.122. The molecule has 0 spiro atoms. The summed E-state index contributed by atoms with van der Waals surface area (Å²) in [4.78, 5) is 11.4. The summed E-state index contributed by atoms with van der Waals surface area (Å²) in [6.07, 6.45) is 8.08. The normalized spacial score (nSPS) is 14.0. The van der Waals surface area contributed by atoms with E-state index in [0.717, 1.165) is 19.3 Å². The lowest BCUT2D eigenvalue weighted by atomic mass is 10.0. The van der Waals surface area contributed by atoms with Crippen molar-refractivity contribution in [2.24, 2.45) is 5.92 Å². The van der Waals surface area contributed by atoms with Crippen molar-refractivity contribution in [2.75, 3.05) is 6.61 Å². The molecule has 0 saturated heterocycles. The highest BCUT2D eigenvalue weighted by atomic mass is 16.3. The monoisotopic (exact) mass is 211 g/mol. The van der Waals surface area contributed by atoms with Crippen LogP contribution in [0.1, 0.15) is 39.5 Å². The third-order valence-corrected chi connectivity index (χ3v) is 2.51. The summed E-state index contributed by atoms with van der Waals surface area (Å²) < 4.78 is 0. The molecule has 2 N–H and O–H groups in total. The maximum absolute atomic E-state index is 11.4. The second-order valence-electron chi connectivity index (χ2n) is 3.93. The zero-order chi connectivity index (χ0) is 11.7. The summed E-state index contributed by atoms with van der Waals surface area (Å²) in [5, 5.41) is 11.7. The number of aliphatic hydroxyl groups is 1. The van der Waals surface area contributed by atoms with Gasteiger partial charge in [-0.25, -0.2) is 0 Å². The van der Waals surface area contributed by atoms with Crippen LogP contribution in [-0.2, 0) is 4.79 Å². The highest BCUT2D eigenvalue weighted by molar-refractivity contribution is 5.76. The summed E-state index contributed by atoms with van der Waals surface area (Å²) in [6, 6.07) is 0.0233. The van der Waals surface area contributed by atoms with Crippen LogP contribution in [0.4, 0.5) is 0 Å². The van der Waals surface area contributed by atoms with Crippen molar-refractivity contribution in [3.63, 3.8) is 0 Å². The number of terminal acetylenes is 1. The SMILES string of the molecule is C#CCCCCC(=O)NC(C)C(C)CO. The molecule has 0 aromatic heterocycles. The first-order valence-electron chi connectivity index (χ1n) is 5.45. The first-order chi connectivity index (χ1) is 7.11. The van der Waals surface area contributed by atoms with E-state index in [0.29, 0.717) is 6.42 Å². The number of carbonyl (C=O) groups is 1. The zero-order valence-corrected chi connectivity index (χ0v) is 9.62. The van der Waals surface area contributed by atoms with E-state index in [1.165, 1.54) is 0 Å². The molecular formula is C12H21NO2. The predicted octanol–water partition coefficient (Wildman–Crippen LogP) is 1.31. The topological polar surface area (TPSA) is 49.3 Å². The molecule has 0 heterocycles. The standard InChI is InChI=1S/C12H21NO2/c1-4-5-6-7-8-12(15)13-11(3)10(2)9-14/h1,10-11,14H,5-9H2,2-3H3,(H,13,15). The highest BCUT2D eigenvalue weighted by Gasteiger charge is 2.13. The van der Waals surface area contributed by atoms with Gasteiger partial charge >= 0.3 is 0 Å². The molecule has 2 atom stereocenters. The number of amides is 1. The summed E-state index contributed by atoms with van der Waals surface area (Å²) >= 11 is 0. The van der Waals surface area contributed by atoms with Crippen molar-refractivity contribution in [3.05, 3.63) is 0 Å². The number of aliphatic hydroxyl groups excluding tert-OH is 1. The van der Waals surface area contributed by atoms with Crippen molar-refractivity contribution >= 4 is 5.91 Å². The van der Waals surface area contributed by atoms with Gasteiger partial charge in [0.1, 0.15) is 0 Å². The van der Waals surface area contributed by atoms with Crippen LogP contribution in [0.25, 0.3) is 0 Å². The molecule has 0 aliphatic carbocycles. The van der Waals surface area contributed by atoms with Gasteiger partial charge in [0.15, 0.2) is 0 Å². The van der Waals surface area contributed by atoms with Gasteiger partial charge < -0.3 is 10.4 Å². The number of rotatable bonds is 7. The summed E-state index contributed by atoms with van der Waals surface area (Å²) in [6.45, 7) is 3.90. The average molecular weight is 211 g/mol. The molecule has 0 aliphatic heterocycles. The molecule has 3 nitrogen and oxygen atoms in total. The third-order valence-electron chi connectivity index (χ3n) is 2.51. The van der Waals surface area contributed by atoms with Gasteiger partial charge in [0.2, 0.25) is 5.91 Å². The highest BCUT2D eigenvalue weighted by Crippen LogP contribution is 2.03. The van der Waals surface area contributed by atoms with Gasteiger partial charge in [0.25, 0.3) is 0 Å². The molecule has 0 rings (SSSR count). The van der Waals surface area contributed by atoms with Crippen LogP contribution in [0.2, 0.25) is 0 Å². The van der Waals surface area contributed by atoms with Gasteiger partial charge in [-0.2, -0.15) is 0 Å². The summed E-state index contributed by atoms with van der Waals surface area (Å²) in [5.74, 6) is 2.68. The van der Waals surface area contributed by atoms with Gasteiger partial charge in [0.05, 0.1) is 0 Å². The third kappa shape index (κ3) is 6.98. The fraction of sp³-hybridized carbons (Fsp3) is 0.750. The smallest absolute Gasteiger partial charge is 0.220 e. The minimum Gasteiger partial charge on any atom is -0.396 e. The Morgan fingerprint density at radius 1 is 1.47 bits per heavy atom. The molecule has 2 unspecified atom stereocenters. The Kier molecular flexibility index (Phi) is 7.75. The minimum atomic E-state index is 0.0233. The van der Waals surface area contributed by atoms with E-state index >= 15 is 0 Å². The van der Waals surface area contributed by atoms with E-state index in [-0.39, 0.29) is 24.5 Å². The molecule has 1 amide bonds. The molecule has 0 aromatic rings. The number of unbranched alkanes of at least 4 members (excludes halogenated alkanes) is 2. The van der Waals surface area contributed by atoms with Crippen molar-refractivity contribution in [1.29, 1.82) is 0 Å². The number of hydrogen-bond donors (Lipinski definition) is 2. The van der Waals surface area contributed by atoms with Crippen molar-refractivity contribution in [1.82, 2.24) is 5.32 Å². The van der Waals surface area contributed by atoms with Crippen LogP contribution in [0, 0.1) is 18.3 Å². The number of nitrogens with one attached hydrogen (secondary N) is 1. The summed E-state index contributed by atoms with van der Waals surface area (Å²) in [5.41, 5.74) is 0. The van der Waals surface area contributed by atoms with Crippen molar-refractivity contribution < 1.29 is 9.90 Å². The van der Waals surface area contributed by atoms with E-state index in [9.17, 15) is 4.79 Å². The Bertz CT molecular complexity index is 220. The lowest BCUT2D eigenvalue weighted by Crippen LogP contribution is -2.38. The first-order valence-corrected chi connectivity index (χ1v) is 5.45. The van der Waals surface area contributed by atoms with E-state index in [1.54, 1.807) is 0 Å². The van der Waals surface area contributed by atoms with Crippen LogP contribution in [0.5, 0.6) is 0 Å². The Balaban J connectivity index is 3.61. The quantitative estimate of drug-likeness (QED) is 0.493. The van der Waals surface area contributed by atoms with Gasteiger partial charge in [-0.15, -0.1) is 12.3 Å². The number of carbonyl (C=O) groups excluding carboxylic acids is 1. The molecule has 0 fully saturated rings. The van der Waals surface area contributed by atoms with Gasteiger partial charge in [-0.05, 0) is 25.7 Å². The van der Waals surface area contributed by atoms with E-state index in [4.69, 9.17) is 11.5 Å². The predicted molar refractivity (Wildman–Crippen MR) is 61.2 cm³/mol. The molecule has 0 saturated carbocycles. The molecule has 0 radical (unpaired) electrons. The van der Waals surface area contributed by atoms with E-state index in [2.05, 4.69) is 11.2 Å². The van der Waals surface area contributed by atoms with Gasteiger partial charge in [-0.1, -0.05) is 6.92 Å². The second kappa shape index (κ2) is 8.31. The molecule has 0 aromatic carbocycles. The van der Waals surface area contributed by atoms with Gasteiger partial charge in [0, 0.05) is 25.5 Å². The van der Waals surface area contributed by atoms with Crippen LogP contribution >= 0.6 is 0 Å². The van der Waals surface area contributed by atoms with Crippen LogP contribution in [0.15, 0.2) is 0 Å². The fourth-order valence-electron chi connectivity index (χ4n) is 1.14. The second-order valence-corrected chi connectivity index (χ2v) is 3.93. The van der Waals surface area contributed by atoms with Crippen molar-refractivity contribution in [3.8, 4) is 12.3 Å². The average Bonchev–Trinajstić information content (AvgIpc) is 2.23. The molecule has 0 bridgehead atoms. The Morgan fingerprint density at radius 3 is 2.67 bits per heavy atom. The first kappa shape index (κ1) is 14.0. The minimum absolute atomic E-state index is 0.0233. The largest absolute Gasteiger partial charge is 0.396 e. The maximum Gasteiger partial charge on any atom is 0.220 e. The fourth-order valence-corrected chi connectivity index (χ4v) is 1.14. The Morgan fingerprint density at radius 2 is 2.13 bits per heavy atom. The van der Waals surface area contributed by atoms with Crippen LogP contribution in [-0.4, -0.2) is 23.7 Å². The molecule has 86 valence electrons. The molecule has 3 heteroatoms. The number of hydrogen-bond acceptors (Lipinski definition) is 2. The zero-order valence-electron chi connectivity index (χ0n) is 9.62. The van der Waals surface area contributed by atoms with E-state index in [1.807, 2.05) is 13.8 Å². The molecule has 15 heavy (non-hydrogen) atoms. The lowest BCUT2D eigenvalue weighted by Gasteiger charge is -2.19. The maximum atomic E-state index is 11.4. The van der Waals surface area contributed by atoms with Gasteiger partial charge in [-0.3, -0.25) is 4.79 Å².